The van der Waals surface area contributed by atoms with E-state index in [0.717, 1.165) is 17.0 Å². The van der Waals surface area contributed by atoms with Crippen LogP contribution in [0.25, 0.3) is 0 Å². The Morgan fingerprint density at radius 2 is 2.00 bits per heavy atom. The van der Waals surface area contributed by atoms with Gasteiger partial charge in [-0.05, 0) is 26.7 Å². The number of aryl methyl sites for hydroxylation is 1. The van der Waals surface area contributed by atoms with Crippen molar-refractivity contribution in [3.63, 3.8) is 0 Å². The van der Waals surface area contributed by atoms with Crippen LogP contribution in [0.2, 0.25) is 0 Å². The fourth-order valence-electron chi connectivity index (χ4n) is 2.43. The highest BCUT2D eigenvalue weighted by Crippen LogP contribution is 2.31. The average Bonchev–Trinajstić information content (AvgIpc) is 2.74. The van der Waals surface area contributed by atoms with Gasteiger partial charge in [-0.15, -0.1) is 0 Å². The topological polar surface area (TPSA) is 38.0 Å². The van der Waals surface area contributed by atoms with Crippen LogP contribution in [-0.2, 0) is 6.61 Å². The van der Waals surface area contributed by atoms with E-state index in [9.17, 15) is 5.11 Å². The Balaban J connectivity index is 2.33. The van der Waals surface area contributed by atoms with Crippen LogP contribution in [-0.4, -0.2) is 14.9 Å². The number of hydrogen-bond donors (Lipinski definition) is 1. The van der Waals surface area contributed by atoms with E-state index in [4.69, 9.17) is 0 Å². The number of rotatable bonds is 2. The minimum atomic E-state index is 0.115. The summed E-state index contributed by atoms with van der Waals surface area (Å²) in [6.45, 7) is 4.15. The zero-order chi connectivity index (χ0) is 10.1. The van der Waals surface area contributed by atoms with Crippen LogP contribution in [0.3, 0.4) is 0 Å². The summed E-state index contributed by atoms with van der Waals surface area (Å²) in [5.74, 6) is 0. The van der Waals surface area contributed by atoms with Crippen molar-refractivity contribution in [1.82, 2.24) is 9.78 Å². The van der Waals surface area contributed by atoms with Crippen LogP contribution in [0.5, 0.6) is 0 Å². The maximum atomic E-state index is 9.20. The van der Waals surface area contributed by atoms with Gasteiger partial charge in [-0.2, -0.15) is 5.10 Å². The van der Waals surface area contributed by atoms with Crippen molar-refractivity contribution in [1.29, 1.82) is 0 Å². The highest BCUT2D eigenvalue weighted by atomic mass is 16.3. The lowest BCUT2D eigenvalue weighted by molar-refractivity contribution is 0.279. The van der Waals surface area contributed by atoms with E-state index in [1.807, 2.05) is 6.92 Å². The number of hydrogen-bond acceptors (Lipinski definition) is 2. The molecule has 1 aromatic rings. The van der Waals surface area contributed by atoms with Crippen LogP contribution in [0.15, 0.2) is 0 Å². The molecule has 1 saturated carbocycles. The second-order valence-corrected chi connectivity index (χ2v) is 4.19. The van der Waals surface area contributed by atoms with Crippen LogP contribution in [0.4, 0.5) is 0 Å². The molecule has 1 N–H and O–H groups in total. The lowest BCUT2D eigenvalue weighted by Crippen LogP contribution is -2.08. The fourth-order valence-corrected chi connectivity index (χ4v) is 2.43. The second-order valence-electron chi connectivity index (χ2n) is 4.19. The number of aliphatic hydroxyl groups excluding tert-OH is 1. The molecule has 0 bridgehead atoms. The van der Waals surface area contributed by atoms with Crippen LogP contribution in [0, 0.1) is 13.8 Å². The van der Waals surface area contributed by atoms with Crippen LogP contribution < -0.4 is 0 Å². The Bertz CT molecular complexity index is 324. The summed E-state index contributed by atoms with van der Waals surface area (Å²) < 4.78 is 2.12. The number of aromatic nitrogens is 2. The summed E-state index contributed by atoms with van der Waals surface area (Å²) in [5, 5.41) is 13.7. The Hall–Kier alpha value is -0.830. The molecule has 0 saturated heterocycles. The molecule has 3 heteroatoms. The van der Waals surface area contributed by atoms with E-state index in [2.05, 4.69) is 16.7 Å². The maximum absolute atomic E-state index is 9.20. The lowest BCUT2D eigenvalue weighted by Gasteiger charge is -2.12. The van der Waals surface area contributed by atoms with E-state index in [-0.39, 0.29) is 6.61 Å². The zero-order valence-electron chi connectivity index (χ0n) is 8.95. The third-order valence-electron chi connectivity index (χ3n) is 3.30. The first-order chi connectivity index (χ1) is 6.74. The summed E-state index contributed by atoms with van der Waals surface area (Å²) >= 11 is 0. The summed E-state index contributed by atoms with van der Waals surface area (Å²) in [7, 11) is 0. The van der Waals surface area contributed by atoms with Crippen molar-refractivity contribution in [3.05, 3.63) is 17.0 Å². The number of nitrogens with zero attached hydrogens (tertiary/aromatic N) is 2. The summed E-state index contributed by atoms with van der Waals surface area (Å²) in [6, 6.07) is 0.578. The zero-order valence-corrected chi connectivity index (χ0v) is 8.95. The standard InChI is InChI=1S/C11H18N2O/c1-8-11(7-14)9(2)13(12-8)10-5-3-4-6-10/h10,14H,3-7H2,1-2H3. The van der Waals surface area contributed by atoms with Gasteiger partial charge in [0.2, 0.25) is 0 Å². The van der Waals surface area contributed by atoms with Crippen LogP contribution in [0.1, 0.15) is 48.7 Å². The van der Waals surface area contributed by atoms with Gasteiger partial charge < -0.3 is 5.11 Å². The second kappa shape index (κ2) is 3.73. The molecule has 1 aliphatic rings. The van der Waals surface area contributed by atoms with Crippen molar-refractivity contribution < 1.29 is 5.11 Å². The molecule has 2 rings (SSSR count). The maximum Gasteiger partial charge on any atom is 0.0718 e. The molecule has 14 heavy (non-hydrogen) atoms. The minimum Gasteiger partial charge on any atom is -0.392 e. The van der Waals surface area contributed by atoms with E-state index in [1.54, 1.807) is 0 Å². The fraction of sp³-hybridized carbons (Fsp3) is 0.727. The van der Waals surface area contributed by atoms with Crippen molar-refractivity contribution >= 4 is 0 Å². The molecule has 0 aliphatic heterocycles. The van der Waals surface area contributed by atoms with Gasteiger partial charge in [-0.25, -0.2) is 0 Å². The van der Waals surface area contributed by atoms with Gasteiger partial charge in [-0.1, -0.05) is 12.8 Å². The predicted octanol–water partition coefficient (Wildman–Crippen LogP) is 2.11. The Morgan fingerprint density at radius 3 is 2.50 bits per heavy atom. The molecule has 0 amide bonds. The summed E-state index contributed by atoms with van der Waals surface area (Å²) in [6.07, 6.45) is 5.12. The Kier molecular flexibility index (Phi) is 2.59. The van der Waals surface area contributed by atoms with E-state index in [1.165, 1.54) is 25.7 Å². The molecule has 0 unspecified atom stereocenters. The minimum absolute atomic E-state index is 0.115. The van der Waals surface area contributed by atoms with Gasteiger partial charge in [0.05, 0.1) is 18.3 Å². The summed E-state index contributed by atoms with van der Waals surface area (Å²) in [5.41, 5.74) is 3.14. The van der Waals surface area contributed by atoms with Gasteiger partial charge >= 0.3 is 0 Å². The van der Waals surface area contributed by atoms with E-state index in [0.29, 0.717) is 6.04 Å². The van der Waals surface area contributed by atoms with Crippen molar-refractivity contribution in [2.45, 2.75) is 52.2 Å². The molecule has 0 atom stereocenters. The first-order valence-corrected chi connectivity index (χ1v) is 5.39. The quantitative estimate of drug-likeness (QED) is 0.783. The molecular formula is C11H18N2O. The largest absolute Gasteiger partial charge is 0.392 e. The van der Waals surface area contributed by atoms with E-state index < -0.39 is 0 Å². The molecule has 1 aromatic heterocycles. The van der Waals surface area contributed by atoms with Gasteiger partial charge in [0.25, 0.3) is 0 Å². The molecule has 0 aromatic carbocycles. The van der Waals surface area contributed by atoms with Gasteiger partial charge in [0.1, 0.15) is 0 Å². The van der Waals surface area contributed by atoms with Crippen LogP contribution >= 0.6 is 0 Å². The molecule has 78 valence electrons. The lowest BCUT2D eigenvalue weighted by atomic mass is 10.2. The first-order valence-electron chi connectivity index (χ1n) is 5.39. The first kappa shape index (κ1) is 9.71. The molecule has 1 fully saturated rings. The molecule has 3 nitrogen and oxygen atoms in total. The third-order valence-corrected chi connectivity index (χ3v) is 3.30. The van der Waals surface area contributed by atoms with Gasteiger partial charge in [0.15, 0.2) is 0 Å². The van der Waals surface area contributed by atoms with Gasteiger partial charge in [-0.3, -0.25) is 4.68 Å². The average molecular weight is 194 g/mol. The number of aliphatic hydroxyl groups is 1. The highest BCUT2D eigenvalue weighted by Gasteiger charge is 2.21. The third kappa shape index (κ3) is 1.46. The van der Waals surface area contributed by atoms with Crippen molar-refractivity contribution in [2.75, 3.05) is 0 Å². The normalized spacial score (nSPS) is 17.9. The van der Waals surface area contributed by atoms with E-state index >= 15 is 0 Å². The molecule has 1 aliphatic carbocycles. The predicted molar refractivity (Wildman–Crippen MR) is 55.1 cm³/mol. The monoisotopic (exact) mass is 194 g/mol. The SMILES string of the molecule is Cc1nn(C2CCCC2)c(C)c1CO. The molecule has 1 heterocycles. The summed E-state index contributed by atoms with van der Waals surface area (Å²) in [4.78, 5) is 0. The molecule has 0 spiro atoms. The van der Waals surface area contributed by atoms with Crippen molar-refractivity contribution in [2.24, 2.45) is 0 Å². The molecule has 0 radical (unpaired) electrons. The highest BCUT2D eigenvalue weighted by molar-refractivity contribution is 5.24. The smallest absolute Gasteiger partial charge is 0.0718 e. The Labute approximate surface area is 84.7 Å². The van der Waals surface area contributed by atoms with Gasteiger partial charge in [0, 0.05) is 11.3 Å². The van der Waals surface area contributed by atoms with Crippen molar-refractivity contribution in [3.8, 4) is 0 Å². The molecular weight excluding hydrogens is 176 g/mol. The Morgan fingerprint density at radius 1 is 1.36 bits per heavy atom.